The van der Waals surface area contributed by atoms with Crippen LogP contribution in [0.1, 0.15) is 31.2 Å². The molecule has 1 aromatic rings. The number of ether oxygens (including phenoxy) is 1. The molecule has 0 unspecified atom stereocenters. The number of hydrogen-bond acceptors (Lipinski definition) is 3. The van der Waals surface area contributed by atoms with Crippen molar-refractivity contribution in [2.24, 2.45) is 5.41 Å². The summed E-state index contributed by atoms with van der Waals surface area (Å²) in [5.41, 5.74) is 0.722. The fourth-order valence-corrected chi connectivity index (χ4v) is 3.82. The molecule has 1 aliphatic carbocycles. The lowest BCUT2D eigenvalue weighted by Crippen LogP contribution is -2.49. The Morgan fingerprint density at radius 1 is 1.30 bits per heavy atom. The molecule has 0 aromatic heterocycles. The number of carbonyl (C=O) groups excluding carboxylic acids is 1. The molecule has 2 N–H and O–H groups in total. The van der Waals surface area contributed by atoms with E-state index in [9.17, 15) is 4.79 Å². The minimum atomic E-state index is -0.369. The summed E-state index contributed by atoms with van der Waals surface area (Å²) in [5, 5.41) is 7.28. The Bertz CT molecular complexity index is 560. The Hall–Kier alpha value is -1.10. The summed E-state index contributed by atoms with van der Waals surface area (Å²) in [4.78, 5) is 12.8. The van der Waals surface area contributed by atoms with E-state index in [0.29, 0.717) is 18.2 Å². The van der Waals surface area contributed by atoms with E-state index in [1.165, 1.54) is 0 Å². The van der Waals surface area contributed by atoms with Gasteiger partial charge in [-0.25, -0.2) is 0 Å². The zero-order valence-corrected chi connectivity index (χ0v) is 14.4. The second-order valence-electron chi connectivity index (χ2n) is 6.96. The van der Waals surface area contributed by atoms with Gasteiger partial charge in [0.1, 0.15) is 0 Å². The van der Waals surface area contributed by atoms with Crippen molar-refractivity contribution in [3.05, 3.63) is 34.9 Å². The van der Waals surface area contributed by atoms with E-state index >= 15 is 0 Å². The first kappa shape index (κ1) is 16.7. The van der Waals surface area contributed by atoms with Gasteiger partial charge in [-0.15, -0.1) is 0 Å². The highest BCUT2D eigenvalue weighted by Crippen LogP contribution is 2.49. The van der Waals surface area contributed by atoms with Gasteiger partial charge >= 0.3 is 0 Å². The molecule has 126 valence electrons. The highest BCUT2D eigenvalue weighted by Gasteiger charge is 2.51. The van der Waals surface area contributed by atoms with E-state index in [0.717, 1.165) is 44.3 Å². The Morgan fingerprint density at radius 2 is 2.04 bits per heavy atom. The van der Waals surface area contributed by atoms with Crippen molar-refractivity contribution in [2.45, 2.75) is 31.1 Å². The summed E-state index contributed by atoms with van der Waals surface area (Å²) in [5.74, 6) is 0.133. The third kappa shape index (κ3) is 3.54. The van der Waals surface area contributed by atoms with Crippen molar-refractivity contribution in [3.8, 4) is 0 Å². The number of halogens is 1. The van der Waals surface area contributed by atoms with Crippen LogP contribution in [0.5, 0.6) is 0 Å². The Labute approximate surface area is 142 Å². The van der Waals surface area contributed by atoms with E-state index in [1.807, 2.05) is 24.3 Å². The fourth-order valence-electron chi connectivity index (χ4n) is 3.63. The van der Waals surface area contributed by atoms with Crippen molar-refractivity contribution in [1.82, 2.24) is 10.6 Å². The largest absolute Gasteiger partial charge is 0.384 e. The molecule has 0 spiro atoms. The van der Waals surface area contributed by atoms with Gasteiger partial charge in [0.05, 0.1) is 12.0 Å². The summed E-state index contributed by atoms with van der Waals surface area (Å²) in [6.07, 6.45) is 3.87. The van der Waals surface area contributed by atoms with E-state index < -0.39 is 0 Å². The van der Waals surface area contributed by atoms with Gasteiger partial charge in [-0.2, -0.15) is 0 Å². The average molecular weight is 337 g/mol. The van der Waals surface area contributed by atoms with Crippen LogP contribution in [-0.4, -0.2) is 39.3 Å². The minimum absolute atomic E-state index is 0.0556. The SMILES string of the molecule is COCC1(CNC(=O)C2(c3cccc(Cl)c3)CC2)CCNCC1. The van der Waals surface area contributed by atoms with Crippen LogP contribution in [0.2, 0.25) is 5.02 Å². The first-order valence-corrected chi connectivity index (χ1v) is 8.72. The molecule has 3 rings (SSSR count). The van der Waals surface area contributed by atoms with Crippen molar-refractivity contribution >= 4 is 17.5 Å². The average Bonchev–Trinajstić information content (AvgIpc) is 3.36. The molecular weight excluding hydrogens is 312 g/mol. The van der Waals surface area contributed by atoms with Crippen molar-refractivity contribution in [1.29, 1.82) is 0 Å². The van der Waals surface area contributed by atoms with E-state index in [2.05, 4.69) is 10.6 Å². The minimum Gasteiger partial charge on any atom is -0.384 e. The highest BCUT2D eigenvalue weighted by atomic mass is 35.5. The number of benzene rings is 1. The van der Waals surface area contributed by atoms with Crippen LogP contribution in [0, 0.1) is 5.41 Å². The molecule has 1 amide bonds. The van der Waals surface area contributed by atoms with Gasteiger partial charge < -0.3 is 15.4 Å². The van der Waals surface area contributed by atoms with Crippen LogP contribution in [0.15, 0.2) is 24.3 Å². The lowest BCUT2D eigenvalue weighted by Gasteiger charge is -2.37. The van der Waals surface area contributed by atoms with Crippen LogP contribution in [0.4, 0.5) is 0 Å². The van der Waals surface area contributed by atoms with Gasteiger partial charge in [0.15, 0.2) is 0 Å². The van der Waals surface area contributed by atoms with E-state index in [1.54, 1.807) is 7.11 Å². The van der Waals surface area contributed by atoms with Crippen LogP contribution < -0.4 is 10.6 Å². The Balaban J connectivity index is 1.66. The molecule has 0 atom stereocenters. The third-order valence-corrected chi connectivity index (χ3v) is 5.54. The number of rotatable bonds is 6. The lowest BCUT2D eigenvalue weighted by molar-refractivity contribution is -0.124. The number of carbonyl (C=O) groups is 1. The van der Waals surface area contributed by atoms with Gasteiger partial charge in [0.25, 0.3) is 0 Å². The van der Waals surface area contributed by atoms with Gasteiger partial charge in [0.2, 0.25) is 5.91 Å². The van der Waals surface area contributed by atoms with Crippen molar-refractivity contribution in [3.63, 3.8) is 0 Å². The Kier molecular flexibility index (Phi) is 4.95. The molecule has 1 saturated carbocycles. The van der Waals surface area contributed by atoms with E-state index in [-0.39, 0.29) is 16.7 Å². The molecule has 1 aliphatic heterocycles. The molecule has 4 nitrogen and oxygen atoms in total. The number of piperidine rings is 1. The summed E-state index contributed by atoms with van der Waals surface area (Å²) >= 11 is 6.09. The van der Waals surface area contributed by atoms with Crippen LogP contribution in [0.3, 0.4) is 0 Å². The molecular formula is C18H25ClN2O2. The molecule has 2 fully saturated rings. The zero-order valence-electron chi connectivity index (χ0n) is 13.7. The van der Waals surface area contributed by atoms with Crippen molar-refractivity contribution in [2.75, 3.05) is 33.4 Å². The number of methoxy groups -OCH3 is 1. The standard InChI is InChI=1S/C18H25ClN2O2/c1-23-13-17(7-9-20-10-8-17)12-21-16(22)18(5-6-18)14-3-2-4-15(19)11-14/h2-4,11,20H,5-10,12-13H2,1H3,(H,21,22). The van der Waals surface area contributed by atoms with Crippen LogP contribution >= 0.6 is 11.6 Å². The van der Waals surface area contributed by atoms with Gasteiger partial charge in [0, 0.05) is 24.1 Å². The summed E-state index contributed by atoms with van der Waals surface area (Å²) in [6, 6.07) is 7.70. The highest BCUT2D eigenvalue weighted by molar-refractivity contribution is 6.30. The monoisotopic (exact) mass is 336 g/mol. The number of hydrogen-bond donors (Lipinski definition) is 2. The molecule has 23 heavy (non-hydrogen) atoms. The second-order valence-corrected chi connectivity index (χ2v) is 7.39. The lowest BCUT2D eigenvalue weighted by atomic mass is 9.79. The first-order valence-electron chi connectivity index (χ1n) is 8.34. The molecule has 0 bridgehead atoms. The number of amides is 1. The molecule has 1 heterocycles. The smallest absolute Gasteiger partial charge is 0.230 e. The van der Waals surface area contributed by atoms with Gasteiger partial charge in [-0.3, -0.25) is 4.79 Å². The summed E-state index contributed by atoms with van der Waals surface area (Å²) in [6.45, 7) is 3.35. The number of nitrogens with one attached hydrogen (secondary N) is 2. The van der Waals surface area contributed by atoms with E-state index in [4.69, 9.17) is 16.3 Å². The predicted molar refractivity (Wildman–Crippen MR) is 91.8 cm³/mol. The maximum atomic E-state index is 12.8. The van der Waals surface area contributed by atoms with Gasteiger partial charge in [-0.05, 0) is 56.5 Å². The van der Waals surface area contributed by atoms with Gasteiger partial charge in [-0.1, -0.05) is 23.7 Å². The fraction of sp³-hybridized carbons (Fsp3) is 0.611. The molecule has 1 saturated heterocycles. The molecule has 1 aromatic carbocycles. The molecule has 0 radical (unpaired) electrons. The predicted octanol–water partition coefficient (Wildman–Crippen LogP) is 2.50. The summed E-state index contributed by atoms with van der Waals surface area (Å²) < 4.78 is 5.42. The quantitative estimate of drug-likeness (QED) is 0.839. The normalized spacial score (nSPS) is 21.7. The maximum Gasteiger partial charge on any atom is 0.230 e. The topological polar surface area (TPSA) is 50.4 Å². The molecule has 2 aliphatic rings. The maximum absolute atomic E-state index is 12.8. The summed E-state index contributed by atoms with van der Waals surface area (Å²) in [7, 11) is 1.74. The van der Waals surface area contributed by atoms with Crippen molar-refractivity contribution < 1.29 is 9.53 Å². The van der Waals surface area contributed by atoms with Crippen LogP contribution in [-0.2, 0) is 14.9 Å². The second kappa shape index (κ2) is 6.80. The molecule has 5 heteroatoms. The zero-order chi connectivity index (χ0) is 16.3. The first-order chi connectivity index (χ1) is 11.1. The Morgan fingerprint density at radius 3 is 2.65 bits per heavy atom. The third-order valence-electron chi connectivity index (χ3n) is 5.30. The van der Waals surface area contributed by atoms with Crippen LogP contribution in [0.25, 0.3) is 0 Å².